The summed E-state index contributed by atoms with van der Waals surface area (Å²) < 4.78 is 0. The van der Waals surface area contributed by atoms with Crippen LogP contribution in [0.15, 0.2) is 0 Å². The molecule has 1 fully saturated rings. The summed E-state index contributed by atoms with van der Waals surface area (Å²) in [5, 5.41) is 15.2. The van der Waals surface area contributed by atoms with E-state index in [1.807, 2.05) is 25.6 Å². The standard InChI is InChI=1S/C14H26N2O3S/c1-9(2)7-12(13(17)18)16-14(19)15-10-5-4-6-11(8-10)20-3/h9-12H,4-8H2,1-3H3,(H,17,18)(H2,15,16,19)/t10?,11?,12-/m0/s1. The van der Waals surface area contributed by atoms with Crippen LogP contribution >= 0.6 is 11.8 Å². The van der Waals surface area contributed by atoms with E-state index in [1.165, 1.54) is 6.42 Å². The lowest BCUT2D eigenvalue weighted by atomic mass is 9.95. The van der Waals surface area contributed by atoms with Gasteiger partial charge in [-0.2, -0.15) is 11.8 Å². The average Bonchev–Trinajstić information content (AvgIpc) is 2.37. The minimum Gasteiger partial charge on any atom is -0.480 e. The van der Waals surface area contributed by atoms with Crippen LogP contribution in [0.2, 0.25) is 0 Å². The molecule has 0 aromatic rings. The molecular formula is C14H26N2O3S. The molecule has 0 saturated heterocycles. The van der Waals surface area contributed by atoms with Crippen molar-refractivity contribution in [1.29, 1.82) is 0 Å². The van der Waals surface area contributed by atoms with Gasteiger partial charge in [0, 0.05) is 11.3 Å². The molecule has 0 aromatic heterocycles. The smallest absolute Gasteiger partial charge is 0.326 e. The van der Waals surface area contributed by atoms with Gasteiger partial charge in [0.2, 0.25) is 0 Å². The summed E-state index contributed by atoms with van der Waals surface area (Å²) in [6.07, 6.45) is 6.80. The number of hydrogen-bond acceptors (Lipinski definition) is 3. The number of carbonyl (C=O) groups excluding carboxylic acids is 1. The lowest BCUT2D eigenvalue weighted by Crippen LogP contribution is -2.50. The van der Waals surface area contributed by atoms with E-state index in [-0.39, 0.29) is 18.0 Å². The Balaban J connectivity index is 2.42. The lowest BCUT2D eigenvalue weighted by molar-refractivity contribution is -0.139. The van der Waals surface area contributed by atoms with E-state index in [0.717, 1.165) is 19.3 Å². The Morgan fingerprint density at radius 1 is 1.35 bits per heavy atom. The van der Waals surface area contributed by atoms with Gasteiger partial charge in [-0.05, 0) is 37.9 Å². The number of carbonyl (C=O) groups is 2. The van der Waals surface area contributed by atoms with Gasteiger partial charge >= 0.3 is 12.0 Å². The predicted octanol–water partition coefficient (Wildman–Crippen LogP) is 2.46. The molecule has 0 aliphatic heterocycles. The Bertz CT molecular complexity index is 336. The zero-order valence-electron chi connectivity index (χ0n) is 12.5. The van der Waals surface area contributed by atoms with Gasteiger partial charge in [0.25, 0.3) is 0 Å². The van der Waals surface area contributed by atoms with Crippen LogP contribution in [-0.2, 0) is 4.79 Å². The zero-order chi connectivity index (χ0) is 15.1. The van der Waals surface area contributed by atoms with Gasteiger partial charge in [0.05, 0.1) is 0 Å². The average molecular weight is 302 g/mol. The Labute approximate surface area is 125 Å². The third-order valence-corrected chi connectivity index (χ3v) is 4.70. The molecule has 3 N–H and O–H groups in total. The van der Waals surface area contributed by atoms with E-state index in [0.29, 0.717) is 11.7 Å². The molecule has 3 atom stereocenters. The molecule has 2 unspecified atom stereocenters. The first-order valence-corrected chi connectivity index (χ1v) is 8.53. The van der Waals surface area contributed by atoms with Gasteiger partial charge < -0.3 is 15.7 Å². The number of carboxylic acids is 1. The van der Waals surface area contributed by atoms with Crippen LogP contribution in [0.25, 0.3) is 0 Å². The van der Waals surface area contributed by atoms with Gasteiger partial charge in [-0.3, -0.25) is 0 Å². The van der Waals surface area contributed by atoms with E-state index in [9.17, 15) is 9.59 Å². The second kappa shape index (κ2) is 8.39. The summed E-state index contributed by atoms with van der Waals surface area (Å²) in [5.41, 5.74) is 0. The highest BCUT2D eigenvalue weighted by atomic mass is 32.2. The maximum Gasteiger partial charge on any atom is 0.326 e. The monoisotopic (exact) mass is 302 g/mol. The number of hydrogen-bond donors (Lipinski definition) is 3. The van der Waals surface area contributed by atoms with Crippen LogP contribution in [0.1, 0.15) is 46.0 Å². The fourth-order valence-corrected chi connectivity index (χ4v) is 3.40. The SMILES string of the molecule is CSC1CCCC(NC(=O)N[C@@H](CC(C)C)C(=O)O)C1. The van der Waals surface area contributed by atoms with Gasteiger partial charge in [-0.15, -0.1) is 0 Å². The summed E-state index contributed by atoms with van der Waals surface area (Å²) >= 11 is 1.84. The number of urea groups is 1. The highest BCUT2D eigenvalue weighted by Gasteiger charge is 2.25. The van der Waals surface area contributed by atoms with Crippen molar-refractivity contribution in [2.24, 2.45) is 5.92 Å². The van der Waals surface area contributed by atoms with Gasteiger partial charge in [-0.1, -0.05) is 20.3 Å². The van der Waals surface area contributed by atoms with Crippen molar-refractivity contribution in [3.8, 4) is 0 Å². The molecule has 1 aliphatic rings. The maximum atomic E-state index is 11.9. The number of nitrogens with one attached hydrogen (secondary N) is 2. The summed E-state index contributed by atoms with van der Waals surface area (Å²) in [7, 11) is 0. The molecule has 1 aliphatic carbocycles. The predicted molar refractivity (Wildman–Crippen MR) is 82.1 cm³/mol. The largest absolute Gasteiger partial charge is 0.480 e. The van der Waals surface area contributed by atoms with Gasteiger partial charge in [0.1, 0.15) is 6.04 Å². The molecule has 1 saturated carbocycles. The first kappa shape index (κ1) is 17.1. The van der Waals surface area contributed by atoms with E-state index in [1.54, 1.807) is 0 Å². The molecule has 0 spiro atoms. The first-order valence-electron chi connectivity index (χ1n) is 7.25. The second-order valence-corrected chi connectivity index (χ2v) is 7.00. The number of rotatable bonds is 6. The van der Waals surface area contributed by atoms with Crippen molar-refractivity contribution < 1.29 is 14.7 Å². The quantitative estimate of drug-likeness (QED) is 0.704. The van der Waals surface area contributed by atoms with Crippen LogP contribution in [0.5, 0.6) is 0 Å². The third-order valence-electron chi connectivity index (χ3n) is 3.61. The Morgan fingerprint density at radius 3 is 2.60 bits per heavy atom. The summed E-state index contributed by atoms with van der Waals surface area (Å²) in [5.74, 6) is -0.744. The normalized spacial score (nSPS) is 24.2. The summed E-state index contributed by atoms with van der Waals surface area (Å²) in [4.78, 5) is 23.0. The van der Waals surface area contributed by atoms with Crippen molar-refractivity contribution in [2.75, 3.05) is 6.26 Å². The Morgan fingerprint density at radius 2 is 2.05 bits per heavy atom. The van der Waals surface area contributed by atoms with Crippen molar-refractivity contribution in [2.45, 2.75) is 63.3 Å². The zero-order valence-corrected chi connectivity index (χ0v) is 13.3. The summed E-state index contributed by atoms with van der Waals surface area (Å²) in [6.45, 7) is 3.89. The molecule has 5 nitrogen and oxygen atoms in total. The van der Waals surface area contributed by atoms with Crippen LogP contribution in [0.4, 0.5) is 4.79 Å². The Hall–Kier alpha value is -0.910. The molecule has 2 amide bonds. The molecule has 0 radical (unpaired) electrons. The van der Waals surface area contributed by atoms with Gasteiger partial charge in [-0.25, -0.2) is 9.59 Å². The Kier molecular flexibility index (Phi) is 7.19. The molecule has 1 rings (SSSR count). The fourth-order valence-electron chi connectivity index (χ4n) is 2.57. The maximum absolute atomic E-state index is 11.9. The minimum atomic E-state index is -0.973. The fraction of sp³-hybridized carbons (Fsp3) is 0.857. The molecule has 20 heavy (non-hydrogen) atoms. The van der Waals surface area contributed by atoms with E-state index in [4.69, 9.17) is 5.11 Å². The number of carboxylic acid groups (broad SMARTS) is 1. The molecular weight excluding hydrogens is 276 g/mol. The van der Waals surface area contributed by atoms with E-state index < -0.39 is 12.0 Å². The van der Waals surface area contributed by atoms with Crippen molar-refractivity contribution in [3.05, 3.63) is 0 Å². The molecule has 0 bridgehead atoms. The van der Waals surface area contributed by atoms with Crippen molar-refractivity contribution in [3.63, 3.8) is 0 Å². The number of aliphatic carboxylic acids is 1. The van der Waals surface area contributed by atoms with E-state index >= 15 is 0 Å². The first-order chi connectivity index (χ1) is 9.42. The van der Waals surface area contributed by atoms with Crippen LogP contribution in [0.3, 0.4) is 0 Å². The van der Waals surface area contributed by atoms with Crippen molar-refractivity contribution >= 4 is 23.8 Å². The number of amides is 2. The number of thioether (sulfide) groups is 1. The highest BCUT2D eigenvalue weighted by Crippen LogP contribution is 2.26. The van der Waals surface area contributed by atoms with Crippen LogP contribution in [-0.4, -0.2) is 40.7 Å². The molecule has 0 aromatic carbocycles. The van der Waals surface area contributed by atoms with Crippen LogP contribution in [0, 0.1) is 5.92 Å². The molecule has 0 heterocycles. The van der Waals surface area contributed by atoms with Crippen molar-refractivity contribution in [1.82, 2.24) is 10.6 Å². The third kappa shape index (κ3) is 6.03. The second-order valence-electron chi connectivity index (χ2n) is 5.86. The molecule has 6 heteroatoms. The lowest BCUT2D eigenvalue weighted by Gasteiger charge is -2.29. The topological polar surface area (TPSA) is 78.4 Å². The highest BCUT2D eigenvalue weighted by molar-refractivity contribution is 7.99. The van der Waals surface area contributed by atoms with E-state index in [2.05, 4.69) is 16.9 Å². The minimum absolute atomic E-state index is 0.162. The van der Waals surface area contributed by atoms with Crippen LogP contribution < -0.4 is 10.6 Å². The summed E-state index contributed by atoms with van der Waals surface area (Å²) in [6, 6.07) is -1.01. The molecule has 116 valence electrons. The van der Waals surface area contributed by atoms with Gasteiger partial charge in [0.15, 0.2) is 0 Å².